The van der Waals surface area contributed by atoms with Crippen LogP contribution in [0.5, 0.6) is 5.75 Å². The quantitative estimate of drug-likeness (QED) is 0.623. The van der Waals surface area contributed by atoms with E-state index in [1.807, 2.05) is 0 Å². The molecular formula is C9H11FNO2. The van der Waals surface area contributed by atoms with Gasteiger partial charge in [0.05, 0.1) is 19.4 Å². The second kappa shape index (κ2) is 6.37. The fraction of sp³-hybridized carbons (Fsp3) is 0.444. The number of aromatic nitrogens is 1. The van der Waals surface area contributed by atoms with Crippen LogP contribution in [0.15, 0.2) is 18.5 Å². The second-order valence-corrected chi connectivity index (χ2v) is 2.27. The van der Waals surface area contributed by atoms with E-state index in [-0.39, 0.29) is 6.61 Å². The van der Waals surface area contributed by atoms with Crippen molar-refractivity contribution in [3.63, 3.8) is 0 Å². The Bertz CT molecular complexity index is 218. The van der Waals surface area contributed by atoms with Crippen LogP contribution in [0.2, 0.25) is 0 Å². The molecule has 0 amide bonds. The van der Waals surface area contributed by atoms with Crippen LogP contribution >= 0.6 is 0 Å². The number of nitrogens with zero attached hydrogens (tertiary/aromatic N) is 1. The van der Waals surface area contributed by atoms with Gasteiger partial charge in [0.1, 0.15) is 19.0 Å². The first-order valence-electron chi connectivity index (χ1n) is 4.01. The maximum Gasteiger partial charge on any atom is 0.138 e. The molecule has 1 rings (SSSR count). The molecule has 0 bridgehead atoms. The first-order valence-corrected chi connectivity index (χ1v) is 4.01. The smallest absolute Gasteiger partial charge is 0.138 e. The monoisotopic (exact) mass is 184 g/mol. The third-order valence-electron chi connectivity index (χ3n) is 1.29. The summed E-state index contributed by atoms with van der Waals surface area (Å²) in [5.74, 6) is 0.645. The van der Waals surface area contributed by atoms with Crippen molar-refractivity contribution >= 4 is 0 Å². The van der Waals surface area contributed by atoms with Crippen LogP contribution in [-0.4, -0.2) is 31.5 Å². The van der Waals surface area contributed by atoms with Gasteiger partial charge >= 0.3 is 0 Å². The Balaban J connectivity index is 2.07. The number of ether oxygens (including phenoxy) is 2. The van der Waals surface area contributed by atoms with Crippen molar-refractivity contribution in [2.24, 2.45) is 0 Å². The number of halogens is 1. The first kappa shape index (κ1) is 9.92. The van der Waals surface area contributed by atoms with Gasteiger partial charge in [-0.2, -0.15) is 0 Å². The molecule has 13 heavy (non-hydrogen) atoms. The van der Waals surface area contributed by atoms with Gasteiger partial charge < -0.3 is 9.47 Å². The highest BCUT2D eigenvalue weighted by Crippen LogP contribution is 2.04. The fourth-order valence-corrected chi connectivity index (χ4v) is 0.764. The van der Waals surface area contributed by atoms with Gasteiger partial charge in [-0.3, -0.25) is 4.98 Å². The highest BCUT2D eigenvalue weighted by Gasteiger charge is 1.92. The lowest BCUT2D eigenvalue weighted by Gasteiger charge is -2.04. The summed E-state index contributed by atoms with van der Waals surface area (Å²) in [4.78, 5) is 3.82. The predicted octanol–water partition coefficient (Wildman–Crippen LogP) is 1.25. The third kappa shape index (κ3) is 4.42. The molecule has 0 saturated carbocycles. The Morgan fingerprint density at radius 3 is 3.00 bits per heavy atom. The van der Waals surface area contributed by atoms with Gasteiger partial charge in [0, 0.05) is 12.3 Å². The Morgan fingerprint density at radius 2 is 2.31 bits per heavy atom. The van der Waals surface area contributed by atoms with E-state index in [4.69, 9.17) is 9.47 Å². The summed E-state index contributed by atoms with van der Waals surface area (Å²) in [7, 11) is 0. The van der Waals surface area contributed by atoms with Crippen molar-refractivity contribution < 1.29 is 13.9 Å². The Morgan fingerprint density at radius 1 is 1.38 bits per heavy atom. The van der Waals surface area contributed by atoms with Crippen LogP contribution in [0.4, 0.5) is 4.39 Å². The molecule has 0 aromatic carbocycles. The molecule has 0 N–H and O–H groups in total. The van der Waals surface area contributed by atoms with E-state index in [1.165, 1.54) is 0 Å². The van der Waals surface area contributed by atoms with Crippen LogP contribution in [0, 0.1) is 6.07 Å². The van der Waals surface area contributed by atoms with Crippen LogP contribution in [-0.2, 0) is 4.74 Å². The van der Waals surface area contributed by atoms with Crippen LogP contribution in [0.3, 0.4) is 0 Å². The minimum absolute atomic E-state index is 0.128. The maximum absolute atomic E-state index is 11.6. The highest BCUT2D eigenvalue weighted by atomic mass is 19.1. The van der Waals surface area contributed by atoms with Crippen LogP contribution in [0.1, 0.15) is 0 Å². The summed E-state index contributed by atoms with van der Waals surface area (Å²) in [6, 6.07) is 4.46. The summed E-state index contributed by atoms with van der Waals surface area (Å²) in [5, 5.41) is 0. The van der Waals surface area contributed by atoms with Crippen LogP contribution in [0.25, 0.3) is 0 Å². The molecule has 0 aliphatic rings. The van der Waals surface area contributed by atoms with Gasteiger partial charge in [-0.05, 0) is 6.07 Å². The van der Waals surface area contributed by atoms with Gasteiger partial charge in [0.25, 0.3) is 0 Å². The standard InChI is InChI=1S/C9H11FNO2/c10-3-5-12-6-7-13-9-2-1-4-11-8-9/h2,4,8H,3,5-7H2. The van der Waals surface area contributed by atoms with E-state index in [2.05, 4.69) is 11.1 Å². The van der Waals surface area contributed by atoms with E-state index in [9.17, 15) is 4.39 Å². The van der Waals surface area contributed by atoms with E-state index in [0.29, 0.717) is 19.0 Å². The molecule has 0 unspecified atom stereocenters. The number of pyridine rings is 1. The maximum atomic E-state index is 11.6. The molecular weight excluding hydrogens is 173 g/mol. The van der Waals surface area contributed by atoms with Crippen molar-refractivity contribution in [2.75, 3.05) is 26.5 Å². The van der Waals surface area contributed by atoms with Crippen molar-refractivity contribution in [1.82, 2.24) is 4.98 Å². The second-order valence-electron chi connectivity index (χ2n) is 2.27. The van der Waals surface area contributed by atoms with Gasteiger partial charge in [-0.15, -0.1) is 0 Å². The van der Waals surface area contributed by atoms with Crippen molar-refractivity contribution in [1.29, 1.82) is 0 Å². The van der Waals surface area contributed by atoms with Gasteiger partial charge in [0.2, 0.25) is 0 Å². The zero-order valence-corrected chi connectivity index (χ0v) is 7.20. The zero-order valence-electron chi connectivity index (χ0n) is 7.20. The molecule has 71 valence electrons. The molecule has 0 aliphatic carbocycles. The molecule has 1 aromatic heterocycles. The lowest BCUT2D eigenvalue weighted by molar-refractivity contribution is 0.0896. The molecule has 0 aliphatic heterocycles. The molecule has 0 spiro atoms. The minimum atomic E-state index is -0.458. The number of hydrogen-bond acceptors (Lipinski definition) is 3. The van der Waals surface area contributed by atoms with Crippen molar-refractivity contribution in [3.05, 3.63) is 24.5 Å². The first-order chi connectivity index (χ1) is 6.43. The number of hydrogen-bond donors (Lipinski definition) is 0. The Hall–Kier alpha value is -1.16. The number of rotatable bonds is 6. The fourth-order valence-electron chi connectivity index (χ4n) is 0.764. The molecule has 1 radical (unpaired) electrons. The summed E-state index contributed by atoms with van der Waals surface area (Å²) < 4.78 is 21.6. The van der Waals surface area contributed by atoms with Gasteiger partial charge in [-0.25, -0.2) is 4.39 Å². The topological polar surface area (TPSA) is 31.4 Å². The molecule has 0 fully saturated rings. The van der Waals surface area contributed by atoms with Crippen molar-refractivity contribution in [3.8, 4) is 5.75 Å². The third-order valence-corrected chi connectivity index (χ3v) is 1.29. The minimum Gasteiger partial charge on any atom is -0.490 e. The largest absolute Gasteiger partial charge is 0.490 e. The van der Waals surface area contributed by atoms with E-state index in [0.717, 1.165) is 0 Å². The molecule has 4 heteroatoms. The molecule has 1 aromatic rings. The lowest BCUT2D eigenvalue weighted by atomic mass is 10.5. The molecule has 0 atom stereocenters. The summed E-state index contributed by atoms with van der Waals surface area (Å²) in [6.07, 6.45) is 3.14. The molecule has 1 heterocycles. The van der Waals surface area contributed by atoms with Crippen LogP contribution < -0.4 is 4.74 Å². The van der Waals surface area contributed by atoms with Crippen molar-refractivity contribution in [2.45, 2.75) is 0 Å². The zero-order chi connectivity index (χ0) is 9.36. The average Bonchev–Trinajstić information content (AvgIpc) is 2.19. The molecule has 3 nitrogen and oxygen atoms in total. The van der Waals surface area contributed by atoms with Gasteiger partial charge in [-0.1, -0.05) is 0 Å². The lowest BCUT2D eigenvalue weighted by Crippen LogP contribution is -2.08. The normalized spacial score (nSPS) is 9.92. The van der Waals surface area contributed by atoms with E-state index >= 15 is 0 Å². The van der Waals surface area contributed by atoms with E-state index < -0.39 is 6.67 Å². The van der Waals surface area contributed by atoms with E-state index in [1.54, 1.807) is 18.5 Å². The Kier molecular flexibility index (Phi) is 4.86. The summed E-state index contributed by atoms with van der Waals surface area (Å²) in [6.45, 7) is 0.460. The Labute approximate surface area is 76.5 Å². The summed E-state index contributed by atoms with van der Waals surface area (Å²) in [5.41, 5.74) is 0. The number of alkyl halides is 1. The summed E-state index contributed by atoms with van der Waals surface area (Å²) >= 11 is 0. The average molecular weight is 184 g/mol. The predicted molar refractivity (Wildman–Crippen MR) is 45.4 cm³/mol. The highest BCUT2D eigenvalue weighted by molar-refractivity contribution is 5.14. The SMILES string of the molecule is FCCOCCOc1c[c]cnc1. The molecule has 0 saturated heterocycles. The van der Waals surface area contributed by atoms with Gasteiger partial charge in [0.15, 0.2) is 0 Å².